The summed E-state index contributed by atoms with van der Waals surface area (Å²) in [7, 11) is 3.47. The van der Waals surface area contributed by atoms with Crippen LogP contribution in [0.2, 0.25) is 0 Å². The summed E-state index contributed by atoms with van der Waals surface area (Å²) in [5.74, 6) is -0.0365. The highest BCUT2D eigenvalue weighted by atomic mass is 16.1. The van der Waals surface area contributed by atoms with Crippen LogP contribution in [0.1, 0.15) is 17.4 Å². The van der Waals surface area contributed by atoms with Gasteiger partial charge in [0.15, 0.2) is 0 Å². The van der Waals surface area contributed by atoms with Crippen molar-refractivity contribution < 1.29 is 4.79 Å². The Bertz CT molecular complexity index is 281. The van der Waals surface area contributed by atoms with Crippen molar-refractivity contribution in [1.29, 1.82) is 0 Å². The maximum absolute atomic E-state index is 11.4. The van der Waals surface area contributed by atoms with E-state index in [1.165, 1.54) is 4.68 Å². The topological polar surface area (TPSA) is 59.8 Å². The van der Waals surface area contributed by atoms with Crippen LogP contribution in [-0.2, 0) is 7.05 Å². The maximum Gasteiger partial charge on any atom is 0.201 e. The molecule has 0 aliphatic carbocycles. The van der Waals surface area contributed by atoms with Gasteiger partial charge in [-0.2, -0.15) is 0 Å². The van der Waals surface area contributed by atoms with Gasteiger partial charge in [0.1, 0.15) is 5.69 Å². The monoisotopic (exact) mass is 168 g/mol. The Kier molecular flexibility index (Phi) is 2.54. The Balaban J connectivity index is 2.78. The third kappa shape index (κ3) is 1.68. The van der Waals surface area contributed by atoms with Crippen LogP contribution < -0.4 is 5.32 Å². The normalized spacial score (nSPS) is 12.9. The highest BCUT2D eigenvalue weighted by Gasteiger charge is 2.15. The molecule has 0 aromatic carbocycles. The van der Waals surface area contributed by atoms with Gasteiger partial charge in [0.25, 0.3) is 0 Å². The van der Waals surface area contributed by atoms with Crippen molar-refractivity contribution in [3.05, 3.63) is 11.9 Å². The number of carbonyl (C=O) groups is 1. The summed E-state index contributed by atoms with van der Waals surface area (Å²) >= 11 is 0. The van der Waals surface area contributed by atoms with Crippen molar-refractivity contribution in [3.63, 3.8) is 0 Å². The summed E-state index contributed by atoms with van der Waals surface area (Å²) in [5, 5.41) is 10.2. The Morgan fingerprint density at radius 1 is 1.75 bits per heavy atom. The lowest BCUT2D eigenvalue weighted by Gasteiger charge is -2.04. The van der Waals surface area contributed by atoms with Crippen molar-refractivity contribution in [2.24, 2.45) is 7.05 Å². The van der Waals surface area contributed by atoms with Gasteiger partial charge < -0.3 is 5.32 Å². The van der Waals surface area contributed by atoms with Crippen molar-refractivity contribution in [2.45, 2.75) is 13.0 Å². The first kappa shape index (κ1) is 8.86. The van der Waals surface area contributed by atoms with Gasteiger partial charge in [-0.3, -0.25) is 9.48 Å². The minimum absolute atomic E-state index is 0.0365. The molecule has 0 saturated carbocycles. The van der Waals surface area contributed by atoms with Crippen LogP contribution in [0.4, 0.5) is 0 Å². The first-order valence-corrected chi connectivity index (χ1v) is 3.73. The third-order valence-electron chi connectivity index (χ3n) is 1.68. The number of Topliss-reactive ketones (excluding diaryl/α,β-unsaturated/α-hetero) is 1. The maximum atomic E-state index is 11.4. The average Bonchev–Trinajstić information content (AvgIpc) is 2.49. The highest BCUT2D eigenvalue weighted by molar-refractivity contribution is 5.97. The van der Waals surface area contributed by atoms with Crippen LogP contribution in [0.25, 0.3) is 0 Å². The van der Waals surface area contributed by atoms with Crippen LogP contribution in [0.15, 0.2) is 6.20 Å². The third-order valence-corrected chi connectivity index (χ3v) is 1.68. The molecule has 66 valence electrons. The molecule has 1 N–H and O–H groups in total. The van der Waals surface area contributed by atoms with Crippen LogP contribution in [0, 0.1) is 0 Å². The number of ketones is 1. The van der Waals surface area contributed by atoms with Crippen molar-refractivity contribution in [2.75, 3.05) is 7.05 Å². The molecule has 1 unspecified atom stereocenters. The number of hydrogen-bond acceptors (Lipinski definition) is 4. The van der Waals surface area contributed by atoms with Crippen LogP contribution in [-0.4, -0.2) is 33.9 Å². The summed E-state index contributed by atoms with van der Waals surface area (Å²) in [6, 6.07) is -0.207. The number of nitrogens with zero attached hydrogens (tertiary/aromatic N) is 3. The molecule has 0 aliphatic rings. The van der Waals surface area contributed by atoms with E-state index in [1.807, 2.05) is 0 Å². The molecule has 1 atom stereocenters. The predicted molar refractivity (Wildman–Crippen MR) is 43.9 cm³/mol. The smallest absolute Gasteiger partial charge is 0.201 e. The predicted octanol–water partition coefficient (Wildman–Crippen LogP) is -0.394. The molecule has 0 saturated heterocycles. The van der Waals surface area contributed by atoms with E-state index in [0.717, 1.165) is 0 Å². The van der Waals surface area contributed by atoms with Gasteiger partial charge in [-0.15, -0.1) is 5.10 Å². The van der Waals surface area contributed by atoms with Crippen LogP contribution in [0.3, 0.4) is 0 Å². The highest BCUT2D eigenvalue weighted by Crippen LogP contribution is 1.97. The van der Waals surface area contributed by atoms with Gasteiger partial charge in [-0.25, -0.2) is 0 Å². The second-order valence-electron chi connectivity index (χ2n) is 2.65. The Morgan fingerprint density at radius 2 is 2.42 bits per heavy atom. The second-order valence-corrected chi connectivity index (χ2v) is 2.65. The van der Waals surface area contributed by atoms with E-state index in [-0.39, 0.29) is 11.8 Å². The number of nitrogens with one attached hydrogen (secondary N) is 1. The standard InChI is InChI=1S/C7H12N4O/c1-5(8-2)7(12)6-4-11(3)10-9-6/h4-5,8H,1-3H3. The number of aryl methyl sites for hydroxylation is 1. The zero-order chi connectivity index (χ0) is 9.14. The lowest BCUT2D eigenvalue weighted by Crippen LogP contribution is -2.30. The average molecular weight is 168 g/mol. The zero-order valence-corrected chi connectivity index (χ0v) is 7.40. The summed E-state index contributed by atoms with van der Waals surface area (Å²) in [6.45, 7) is 1.79. The van der Waals surface area contributed by atoms with E-state index >= 15 is 0 Å². The molecule has 0 fully saturated rings. The molecule has 0 amide bonds. The minimum atomic E-state index is -0.207. The molecule has 0 spiro atoms. The molecule has 12 heavy (non-hydrogen) atoms. The van der Waals surface area contributed by atoms with Crippen molar-refractivity contribution >= 4 is 5.78 Å². The fraction of sp³-hybridized carbons (Fsp3) is 0.571. The number of aromatic nitrogens is 3. The number of carbonyl (C=O) groups excluding carboxylic acids is 1. The molecule has 1 rings (SSSR count). The van der Waals surface area contributed by atoms with Gasteiger partial charge in [0, 0.05) is 7.05 Å². The van der Waals surface area contributed by atoms with E-state index in [0.29, 0.717) is 5.69 Å². The summed E-state index contributed by atoms with van der Waals surface area (Å²) < 4.78 is 1.51. The van der Waals surface area contributed by atoms with E-state index in [1.54, 1.807) is 27.2 Å². The van der Waals surface area contributed by atoms with Gasteiger partial charge in [-0.1, -0.05) is 5.21 Å². The fourth-order valence-electron chi connectivity index (χ4n) is 0.813. The van der Waals surface area contributed by atoms with Gasteiger partial charge >= 0.3 is 0 Å². The Labute approximate surface area is 70.8 Å². The molecule has 1 heterocycles. The molecular formula is C7H12N4O. The number of likely N-dealkylation sites (N-methyl/N-ethyl adjacent to an activating group) is 1. The van der Waals surface area contributed by atoms with Gasteiger partial charge in [0.05, 0.1) is 12.2 Å². The SMILES string of the molecule is CNC(C)C(=O)c1cn(C)nn1. The van der Waals surface area contributed by atoms with E-state index < -0.39 is 0 Å². The Hall–Kier alpha value is -1.23. The molecule has 5 nitrogen and oxygen atoms in total. The second kappa shape index (κ2) is 3.44. The molecule has 5 heteroatoms. The molecule has 1 aromatic rings. The quantitative estimate of drug-likeness (QED) is 0.624. The van der Waals surface area contributed by atoms with Gasteiger partial charge in [-0.05, 0) is 14.0 Å². The number of rotatable bonds is 3. The molecule has 1 aromatic heterocycles. The number of hydrogen-bond donors (Lipinski definition) is 1. The van der Waals surface area contributed by atoms with E-state index in [2.05, 4.69) is 15.6 Å². The summed E-state index contributed by atoms with van der Waals surface area (Å²) in [5.41, 5.74) is 0.402. The van der Waals surface area contributed by atoms with Gasteiger partial charge in [0.2, 0.25) is 5.78 Å². The van der Waals surface area contributed by atoms with Crippen LogP contribution >= 0.6 is 0 Å². The molecular weight excluding hydrogens is 156 g/mol. The zero-order valence-electron chi connectivity index (χ0n) is 7.40. The van der Waals surface area contributed by atoms with Crippen molar-refractivity contribution in [3.8, 4) is 0 Å². The lowest BCUT2D eigenvalue weighted by molar-refractivity contribution is 0.0950. The van der Waals surface area contributed by atoms with E-state index in [4.69, 9.17) is 0 Å². The first-order valence-electron chi connectivity index (χ1n) is 3.73. The molecule has 0 radical (unpaired) electrons. The van der Waals surface area contributed by atoms with E-state index in [9.17, 15) is 4.79 Å². The molecule has 0 bridgehead atoms. The summed E-state index contributed by atoms with van der Waals surface area (Å²) in [4.78, 5) is 11.4. The Morgan fingerprint density at radius 3 is 2.83 bits per heavy atom. The largest absolute Gasteiger partial charge is 0.310 e. The summed E-state index contributed by atoms with van der Waals surface area (Å²) in [6.07, 6.45) is 1.61. The first-order chi connectivity index (χ1) is 5.65. The lowest BCUT2D eigenvalue weighted by atomic mass is 10.2. The van der Waals surface area contributed by atoms with Crippen LogP contribution in [0.5, 0.6) is 0 Å². The minimum Gasteiger partial charge on any atom is -0.310 e. The fourth-order valence-corrected chi connectivity index (χ4v) is 0.813. The van der Waals surface area contributed by atoms with Crippen molar-refractivity contribution in [1.82, 2.24) is 20.3 Å². The molecule has 0 aliphatic heterocycles.